The van der Waals surface area contributed by atoms with Gasteiger partial charge in [-0.25, -0.2) is 4.98 Å². The molecule has 1 N–H and O–H groups in total. The second kappa shape index (κ2) is 4.66. The number of thiazole rings is 1. The molecule has 0 aliphatic rings. The predicted octanol–water partition coefficient (Wildman–Crippen LogP) is 2.68. The Bertz CT molecular complexity index is 216. The fourth-order valence-electron chi connectivity index (χ4n) is 0.597. The smallest absolute Gasteiger partial charge is 0.183 e. The summed E-state index contributed by atoms with van der Waals surface area (Å²) < 4.78 is 12.5. The molecule has 0 saturated heterocycles. The van der Waals surface area contributed by atoms with Gasteiger partial charge in [0.2, 0.25) is 0 Å². The van der Waals surface area contributed by atoms with Gasteiger partial charge in [-0.2, -0.15) is 0 Å². The molecule has 0 bridgehead atoms. The van der Waals surface area contributed by atoms with Crippen LogP contribution >= 0.6 is 27.3 Å². The first-order valence-corrected chi connectivity index (χ1v) is 4.91. The third kappa shape index (κ3) is 3.16. The van der Waals surface area contributed by atoms with Gasteiger partial charge in [-0.3, -0.25) is 4.39 Å². The zero-order chi connectivity index (χ0) is 8.10. The Morgan fingerprint density at radius 2 is 2.55 bits per heavy atom. The van der Waals surface area contributed by atoms with E-state index in [1.165, 1.54) is 11.3 Å². The van der Waals surface area contributed by atoms with Crippen molar-refractivity contribution in [2.75, 3.05) is 18.5 Å². The van der Waals surface area contributed by atoms with Crippen molar-refractivity contribution in [1.82, 2.24) is 4.98 Å². The molecule has 1 aromatic rings. The lowest BCUT2D eigenvalue weighted by Crippen LogP contribution is -2.01. The van der Waals surface area contributed by atoms with E-state index < -0.39 is 0 Å². The Labute approximate surface area is 77.0 Å². The summed E-state index contributed by atoms with van der Waals surface area (Å²) in [5, 5.41) is 5.73. The summed E-state index contributed by atoms with van der Waals surface area (Å²) in [7, 11) is 0. The summed E-state index contributed by atoms with van der Waals surface area (Å²) in [6, 6.07) is 0. The van der Waals surface area contributed by atoms with E-state index in [4.69, 9.17) is 0 Å². The maximum atomic E-state index is 11.6. The molecule has 1 rings (SSSR count). The summed E-state index contributed by atoms with van der Waals surface area (Å²) in [5.74, 6) is 0. The molecule has 0 aliphatic heterocycles. The van der Waals surface area contributed by atoms with Crippen molar-refractivity contribution in [1.29, 1.82) is 0 Å². The van der Waals surface area contributed by atoms with Crippen LogP contribution in [0.15, 0.2) is 9.98 Å². The van der Waals surface area contributed by atoms with Crippen molar-refractivity contribution in [3.8, 4) is 0 Å². The largest absolute Gasteiger partial charge is 0.361 e. The molecule has 0 saturated carbocycles. The molecular weight excluding hydrogens is 231 g/mol. The van der Waals surface area contributed by atoms with Gasteiger partial charge in [0.25, 0.3) is 0 Å². The number of halogens is 2. The highest BCUT2D eigenvalue weighted by atomic mass is 79.9. The van der Waals surface area contributed by atoms with Crippen LogP contribution in [-0.2, 0) is 0 Å². The number of alkyl halides is 1. The lowest BCUT2D eigenvalue weighted by Gasteiger charge is -1.97. The Morgan fingerprint density at radius 3 is 3.09 bits per heavy atom. The van der Waals surface area contributed by atoms with Gasteiger partial charge in [-0.15, -0.1) is 11.3 Å². The van der Waals surface area contributed by atoms with Crippen LogP contribution in [0.3, 0.4) is 0 Å². The first-order chi connectivity index (χ1) is 5.33. The number of aromatic nitrogens is 1. The molecule has 0 unspecified atom stereocenters. The SMILES string of the molecule is FCCCNc1nc(Br)cs1. The van der Waals surface area contributed by atoms with Gasteiger partial charge in [0.1, 0.15) is 4.60 Å². The lowest BCUT2D eigenvalue weighted by atomic mass is 10.5. The van der Waals surface area contributed by atoms with E-state index in [1.54, 1.807) is 0 Å². The highest BCUT2D eigenvalue weighted by Crippen LogP contribution is 2.18. The van der Waals surface area contributed by atoms with Crippen LogP contribution in [0, 0.1) is 0 Å². The van der Waals surface area contributed by atoms with Gasteiger partial charge in [-0.05, 0) is 22.4 Å². The molecule has 0 aromatic carbocycles. The van der Waals surface area contributed by atoms with Gasteiger partial charge in [-0.1, -0.05) is 0 Å². The highest BCUT2D eigenvalue weighted by molar-refractivity contribution is 9.10. The molecule has 5 heteroatoms. The minimum atomic E-state index is -0.278. The second-order valence-corrected chi connectivity index (χ2v) is 3.62. The molecule has 0 radical (unpaired) electrons. The Kier molecular flexibility index (Phi) is 3.79. The van der Waals surface area contributed by atoms with Crippen LogP contribution in [0.25, 0.3) is 0 Å². The van der Waals surface area contributed by atoms with Gasteiger partial charge in [0, 0.05) is 11.9 Å². The molecule has 0 aliphatic carbocycles. The molecule has 0 atom stereocenters. The quantitative estimate of drug-likeness (QED) is 0.817. The summed E-state index contributed by atoms with van der Waals surface area (Å²) >= 11 is 4.73. The van der Waals surface area contributed by atoms with E-state index in [0.717, 1.165) is 9.73 Å². The zero-order valence-electron chi connectivity index (χ0n) is 5.81. The summed E-state index contributed by atoms with van der Waals surface area (Å²) in [4.78, 5) is 4.08. The molecule has 11 heavy (non-hydrogen) atoms. The van der Waals surface area contributed by atoms with E-state index in [1.807, 2.05) is 5.38 Å². The second-order valence-electron chi connectivity index (χ2n) is 1.94. The third-order valence-electron chi connectivity index (χ3n) is 1.06. The Balaban J connectivity index is 2.27. The van der Waals surface area contributed by atoms with E-state index in [2.05, 4.69) is 26.2 Å². The van der Waals surface area contributed by atoms with Crippen molar-refractivity contribution in [3.05, 3.63) is 9.98 Å². The van der Waals surface area contributed by atoms with Crippen LogP contribution < -0.4 is 5.32 Å². The van der Waals surface area contributed by atoms with Crippen molar-refractivity contribution >= 4 is 32.4 Å². The average molecular weight is 239 g/mol. The van der Waals surface area contributed by atoms with E-state index in [-0.39, 0.29) is 6.67 Å². The molecule has 0 spiro atoms. The summed E-state index contributed by atoms with van der Waals surface area (Å²) in [6.45, 7) is 0.371. The van der Waals surface area contributed by atoms with E-state index in [9.17, 15) is 4.39 Å². The van der Waals surface area contributed by atoms with Crippen LogP contribution in [0.5, 0.6) is 0 Å². The normalized spacial score (nSPS) is 10.0. The monoisotopic (exact) mass is 238 g/mol. The van der Waals surface area contributed by atoms with Crippen LogP contribution in [-0.4, -0.2) is 18.2 Å². The fourth-order valence-corrected chi connectivity index (χ4v) is 1.77. The van der Waals surface area contributed by atoms with Gasteiger partial charge in [0.05, 0.1) is 6.67 Å². The molecule has 0 fully saturated rings. The fraction of sp³-hybridized carbons (Fsp3) is 0.500. The predicted molar refractivity (Wildman–Crippen MR) is 48.9 cm³/mol. The number of hydrogen-bond acceptors (Lipinski definition) is 3. The molecule has 0 amide bonds. The van der Waals surface area contributed by atoms with Gasteiger partial charge < -0.3 is 5.32 Å². The Hall–Kier alpha value is -0.160. The van der Waals surface area contributed by atoms with Crippen molar-refractivity contribution < 1.29 is 4.39 Å². The number of nitrogens with one attached hydrogen (secondary N) is 1. The number of rotatable bonds is 4. The van der Waals surface area contributed by atoms with Crippen molar-refractivity contribution in [2.45, 2.75) is 6.42 Å². The van der Waals surface area contributed by atoms with Crippen molar-refractivity contribution in [2.24, 2.45) is 0 Å². The van der Waals surface area contributed by atoms with Crippen LogP contribution in [0.1, 0.15) is 6.42 Å². The topological polar surface area (TPSA) is 24.9 Å². The molecule has 1 aromatic heterocycles. The highest BCUT2D eigenvalue weighted by Gasteiger charge is 1.96. The molecule has 2 nitrogen and oxygen atoms in total. The van der Waals surface area contributed by atoms with Crippen LogP contribution in [0.4, 0.5) is 9.52 Å². The van der Waals surface area contributed by atoms with Gasteiger partial charge >= 0.3 is 0 Å². The summed E-state index contributed by atoms with van der Waals surface area (Å²) in [5.41, 5.74) is 0. The lowest BCUT2D eigenvalue weighted by molar-refractivity contribution is 0.481. The molecule has 62 valence electrons. The van der Waals surface area contributed by atoms with Crippen molar-refractivity contribution in [3.63, 3.8) is 0 Å². The van der Waals surface area contributed by atoms with Crippen LogP contribution in [0.2, 0.25) is 0 Å². The summed E-state index contributed by atoms with van der Waals surface area (Å²) in [6.07, 6.45) is 0.539. The number of nitrogens with zero attached hydrogens (tertiary/aromatic N) is 1. The minimum Gasteiger partial charge on any atom is -0.361 e. The Morgan fingerprint density at radius 1 is 1.73 bits per heavy atom. The average Bonchev–Trinajstić information content (AvgIpc) is 2.37. The molecular formula is C6H8BrFN2S. The number of anilines is 1. The maximum absolute atomic E-state index is 11.6. The van der Waals surface area contributed by atoms with E-state index >= 15 is 0 Å². The zero-order valence-corrected chi connectivity index (χ0v) is 8.21. The number of hydrogen-bond donors (Lipinski definition) is 1. The van der Waals surface area contributed by atoms with Gasteiger partial charge in [0.15, 0.2) is 5.13 Å². The third-order valence-corrected chi connectivity index (χ3v) is 2.57. The first kappa shape index (κ1) is 8.93. The first-order valence-electron chi connectivity index (χ1n) is 3.24. The maximum Gasteiger partial charge on any atom is 0.183 e. The standard InChI is InChI=1S/C6H8BrFN2S/c7-5-4-11-6(10-5)9-3-1-2-8/h4H,1-3H2,(H,9,10). The van der Waals surface area contributed by atoms with E-state index in [0.29, 0.717) is 13.0 Å². The minimum absolute atomic E-state index is 0.278. The molecule has 1 heterocycles.